The molecule has 0 saturated carbocycles. The first-order valence-corrected chi connectivity index (χ1v) is 7.59. The fourth-order valence-electron chi connectivity index (χ4n) is 3.10. The smallest absolute Gasteiger partial charge is 0.161 e. The molecule has 1 aromatic carbocycles. The molecule has 0 aliphatic carbocycles. The summed E-state index contributed by atoms with van der Waals surface area (Å²) in [6, 6.07) is 8.21. The monoisotopic (exact) mass is 276 g/mol. The van der Waals surface area contributed by atoms with Crippen molar-refractivity contribution < 1.29 is 9.47 Å². The van der Waals surface area contributed by atoms with Crippen molar-refractivity contribution in [2.24, 2.45) is 11.7 Å². The van der Waals surface area contributed by atoms with Gasteiger partial charge in [-0.05, 0) is 50.9 Å². The van der Waals surface area contributed by atoms with Gasteiger partial charge in [-0.2, -0.15) is 0 Å². The summed E-state index contributed by atoms with van der Waals surface area (Å²) in [5.74, 6) is 2.41. The van der Waals surface area contributed by atoms with Gasteiger partial charge in [0.15, 0.2) is 11.5 Å². The molecule has 0 amide bonds. The molecule has 0 radical (unpaired) electrons. The van der Waals surface area contributed by atoms with Crippen molar-refractivity contribution in [2.75, 3.05) is 26.2 Å². The number of fused-ring (bicyclic) bond motifs is 1. The number of hydrogen-bond acceptors (Lipinski definition) is 4. The molecule has 4 nitrogen and oxygen atoms in total. The summed E-state index contributed by atoms with van der Waals surface area (Å²) in [6.07, 6.45) is 2.53. The molecule has 1 fully saturated rings. The predicted octanol–water partition coefficient (Wildman–Crippen LogP) is 1.89. The lowest BCUT2D eigenvalue weighted by atomic mass is 9.91. The molecular formula is C16H24N2O2. The molecule has 0 spiro atoms. The number of para-hydroxylation sites is 2. The first-order chi connectivity index (χ1) is 9.72. The average molecular weight is 276 g/mol. The van der Waals surface area contributed by atoms with Crippen LogP contribution in [-0.2, 0) is 0 Å². The van der Waals surface area contributed by atoms with Gasteiger partial charge in [-0.3, -0.25) is 4.90 Å². The predicted molar refractivity (Wildman–Crippen MR) is 79.2 cm³/mol. The van der Waals surface area contributed by atoms with Crippen molar-refractivity contribution in [3.05, 3.63) is 24.3 Å². The van der Waals surface area contributed by atoms with Crippen LogP contribution in [0.3, 0.4) is 0 Å². The van der Waals surface area contributed by atoms with Gasteiger partial charge in [0.05, 0.1) is 0 Å². The van der Waals surface area contributed by atoms with Crippen LogP contribution in [-0.4, -0.2) is 43.3 Å². The number of piperidine rings is 1. The summed E-state index contributed by atoms with van der Waals surface area (Å²) < 4.78 is 11.8. The van der Waals surface area contributed by atoms with Gasteiger partial charge in [0.1, 0.15) is 12.7 Å². The maximum Gasteiger partial charge on any atom is 0.161 e. The quantitative estimate of drug-likeness (QED) is 0.916. The Labute approximate surface area is 120 Å². The third kappa shape index (κ3) is 3.07. The van der Waals surface area contributed by atoms with Crippen LogP contribution in [0, 0.1) is 5.92 Å². The van der Waals surface area contributed by atoms with E-state index in [0.29, 0.717) is 18.6 Å². The van der Waals surface area contributed by atoms with Gasteiger partial charge in [-0.25, -0.2) is 0 Å². The lowest BCUT2D eigenvalue weighted by Crippen LogP contribution is -2.46. The van der Waals surface area contributed by atoms with Crippen molar-refractivity contribution in [1.82, 2.24) is 4.90 Å². The lowest BCUT2D eigenvalue weighted by Gasteiger charge is -2.36. The average Bonchev–Trinajstić information content (AvgIpc) is 2.48. The van der Waals surface area contributed by atoms with Crippen LogP contribution in [0.4, 0.5) is 0 Å². The molecule has 3 rings (SSSR count). The van der Waals surface area contributed by atoms with Gasteiger partial charge in [0, 0.05) is 12.6 Å². The van der Waals surface area contributed by atoms with E-state index in [9.17, 15) is 0 Å². The van der Waals surface area contributed by atoms with Gasteiger partial charge in [0.2, 0.25) is 0 Å². The summed E-state index contributed by atoms with van der Waals surface area (Å²) in [7, 11) is 0. The molecule has 1 saturated heterocycles. The van der Waals surface area contributed by atoms with Gasteiger partial charge in [-0.15, -0.1) is 0 Å². The molecule has 2 heterocycles. The third-order valence-corrected chi connectivity index (χ3v) is 4.41. The van der Waals surface area contributed by atoms with E-state index in [1.54, 1.807) is 0 Å². The molecule has 110 valence electrons. The first-order valence-electron chi connectivity index (χ1n) is 7.59. The number of rotatable bonds is 3. The Morgan fingerprint density at radius 2 is 1.95 bits per heavy atom. The van der Waals surface area contributed by atoms with E-state index in [0.717, 1.165) is 31.1 Å². The van der Waals surface area contributed by atoms with E-state index in [-0.39, 0.29) is 6.10 Å². The third-order valence-electron chi connectivity index (χ3n) is 4.41. The standard InChI is InChI=1S/C16H24N2O2/c1-12(17)13-6-8-18(9-7-13)10-14-11-19-15-4-2-3-5-16(15)20-14/h2-5,12-14H,6-11,17H2,1H3. The minimum absolute atomic E-state index is 0.136. The zero-order chi connectivity index (χ0) is 13.9. The normalized spacial score (nSPS) is 25.4. The van der Waals surface area contributed by atoms with E-state index < -0.39 is 0 Å². The molecular weight excluding hydrogens is 252 g/mol. The molecule has 20 heavy (non-hydrogen) atoms. The van der Waals surface area contributed by atoms with Gasteiger partial charge in [0.25, 0.3) is 0 Å². The molecule has 0 aromatic heterocycles. The Hall–Kier alpha value is -1.26. The first kappa shape index (κ1) is 13.7. The zero-order valence-electron chi connectivity index (χ0n) is 12.1. The van der Waals surface area contributed by atoms with Gasteiger partial charge in [-0.1, -0.05) is 12.1 Å². The van der Waals surface area contributed by atoms with Crippen molar-refractivity contribution in [3.8, 4) is 11.5 Å². The van der Waals surface area contributed by atoms with E-state index in [1.807, 2.05) is 24.3 Å². The van der Waals surface area contributed by atoms with Crippen molar-refractivity contribution >= 4 is 0 Å². The summed E-state index contributed by atoms with van der Waals surface area (Å²) >= 11 is 0. The molecule has 2 atom stereocenters. The SMILES string of the molecule is CC(N)C1CCN(CC2COc3ccccc3O2)CC1. The topological polar surface area (TPSA) is 47.7 Å². The zero-order valence-corrected chi connectivity index (χ0v) is 12.1. The van der Waals surface area contributed by atoms with Crippen molar-refractivity contribution in [3.63, 3.8) is 0 Å². The molecule has 1 aromatic rings. The summed E-state index contributed by atoms with van der Waals surface area (Å²) in [5, 5.41) is 0. The van der Waals surface area contributed by atoms with Crippen LogP contribution in [0.5, 0.6) is 11.5 Å². The molecule has 4 heteroatoms. The maximum absolute atomic E-state index is 6.02. The number of nitrogens with two attached hydrogens (primary N) is 1. The van der Waals surface area contributed by atoms with Crippen LogP contribution in [0.15, 0.2) is 24.3 Å². The second-order valence-corrected chi connectivity index (χ2v) is 5.99. The molecule has 2 aliphatic heterocycles. The van der Waals surface area contributed by atoms with Crippen LogP contribution >= 0.6 is 0 Å². The summed E-state index contributed by atoms with van der Waals surface area (Å²) in [4.78, 5) is 2.47. The minimum Gasteiger partial charge on any atom is -0.486 e. The van der Waals surface area contributed by atoms with Gasteiger partial charge >= 0.3 is 0 Å². The van der Waals surface area contributed by atoms with Crippen LogP contribution < -0.4 is 15.2 Å². The summed E-state index contributed by atoms with van der Waals surface area (Å²) in [6.45, 7) is 5.95. The van der Waals surface area contributed by atoms with E-state index in [1.165, 1.54) is 12.8 Å². The Balaban J connectivity index is 1.51. The van der Waals surface area contributed by atoms with Gasteiger partial charge < -0.3 is 15.2 Å². The molecule has 2 N–H and O–H groups in total. The molecule has 0 bridgehead atoms. The van der Waals surface area contributed by atoms with E-state index in [2.05, 4.69) is 11.8 Å². The second kappa shape index (κ2) is 6.02. The van der Waals surface area contributed by atoms with Crippen LogP contribution in [0.25, 0.3) is 0 Å². The van der Waals surface area contributed by atoms with Crippen molar-refractivity contribution in [1.29, 1.82) is 0 Å². The molecule has 2 aliphatic rings. The Bertz CT molecular complexity index is 442. The number of hydrogen-bond donors (Lipinski definition) is 1. The highest BCUT2D eigenvalue weighted by molar-refractivity contribution is 5.40. The largest absolute Gasteiger partial charge is 0.486 e. The Kier molecular flexibility index (Phi) is 4.13. The molecule has 2 unspecified atom stereocenters. The lowest BCUT2D eigenvalue weighted by molar-refractivity contribution is 0.0465. The fraction of sp³-hybridized carbons (Fsp3) is 0.625. The maximum atomic E-state index is 6.02. The minimum atomic E-state index is 0.136. The second-order valence-electron chi connectivity index (χ2n) is 5.99. The Morgan fingerprint density at radius 1 is 1.25 bits per heavy atom. The fourth-order valence-corrected chi connectivity index (χ4v) is 3.10. The Morgan fingerprint density at radius 3 is 2.65 bits per heavy atom. The van der Waals surface area contributed by atoms with E-state index >= 15 is 0 Å². The number of ether oxygens (including phenoxy) is 2. The highest BCUT2D eigenvalue weighted by atomic mass is 16.6. The number of nitrogens with zero attached hydrogens (tertiary/aromatic N) is 1. The highest BCUT2D eigenvalue weighted by Gasteiger charge is 2.26. The number of likely N-dealkylation sites (tertiary alicyclic amines) is 1. The van der Waals surface area contributed by atoms with Crippen LogP contribution in [0.2, 0.25) is 0 Å². The summed E-state index contributed by atoms with van der Waals surface area (Å²) in [5.41, 5.74) is 5.99. The number of benzene rings is 1. The highest BCUT2D eigenvalue weighted by Crippen LogP contribution is 2.31. The van der Waals surface area contributed by atoms with Crippen molar-refractivity contribution in [2.45, 2.75) is 31.9 Å². The van der Waals surface area contributed by atoms with E-state index in [4.69, 9.17) is 15.2 Å². The van der Waals surface area contributed by atoms with Crippen LogP contribution in [0.1, 0.15) is 19.8 Å².